The molecule has 2 unspecified atom stereocenters. The maximum atomic E-state index is 4.78. The zero-order valence-electron chi connectivity index (χ0n) is 10.9. The van der Waals surface area contributed by atoms with Crippen molar-refractivity contribution in [2.75, 3.05) is 11.5 Å². The SMILES string of the molecule is SC(S)(CC1CS1)c1cccc(C(S)(S)CC2CS2)c1. The number of hydrogen-bond acceptors (Lipinski definition) is 6. The Morgan fingerprint density at radius 2 is 1.30 bits per heavy atom. The molecule has 2 atom stereocenters. The third kappa shape index (κ3) is 4.19. The smallest absolute Gasteiger partial charge is 0.0813 e. The van der Waals surface area contributed by atoms with Gasteiger partial charge in [-0.15, -0.1) is 0 Å². The molecule has 0 aliphatic carbocycles. The van der Waals surface area contributed by atoms with Gasteiger partial charge in [-0.25, -0.2) is 0 Å². The van der Waals surface area contributed by atoms with Gasteiger partial charge in [0.1, 0.15) is 0 Å². The molecule has 2 fully saturated rings. The summed E-state index contributed by atoms with van der Waals surface area (Å²) < 4.78 is -0.730. The molecule has 0 nitrogen and oxygen atoms in total. The minimum Gasteiger partial charge on any atom is -0.157 e. The van der Waals surface area contributed by atoms with Gasteiger partial charge >= 0.3 is 0 Å². The topological polar surface area (TPSA) is 0 Å². The predicted octanol–water partition coefficient (Wildman–Crippen LogP) is 4.72. The quantitative estimate of drug-likeness (QED) is 0.321. The van der Waals surface area contributed by atoms with E-state index in [-0.39, 0.29) is 8.16 Å². The van der Waals surface area contributed by atoms with Crippen LogP contribution < -0.4 is 0 Å². The Morgan fingerprint density at radius 3 is 1.65 bits per heavy atom. The Labute approximate surface area is 151 Å². The van der Waals surface area contributed by atoms with Gasteiger partial charge in [0.25, 0.3) is 0 Å². The first kappa shape index (κ1) is 16.2. The summed E-state index contributed by atoms with van der Waals surface area (Å²) in [5.74, 6) is 2.48. The molecule has 0 N–H and O–H groups in total. The highest BCUT2D eigenvalue weighted by molar-refractivity contribution is 8.07. The van der Waals surface area contributed by atoms with Crippen LogP contribution in [-0.2, 0) is 8.16 Å². The van der Waals surface area contributed by atoms with Crippen molar-refractivity contribution in [3.05, 3.63) is 35.4 Å². The lowest BCUT2D eigenvalue weighted by Crippen LogP contribution is -2.17. The third-order valence-electron chi connectivity index (χ3n) is 3.62. The van der Waals surface area contributed by atoms with Gasteiger partial charge in [0.15, 0.2) is 0 Å². The molecule has 0 saturated carbocycles. The van der Waals surface area contributed by atoms with Crippen molar-refractivity contribution < 1.29 is 0 Å². The summed E-state index contributed by atoms with van der Waals surface area (Å²) >= 11 is 23.1. The Morgan fingerprint density at radius 1 is 0.900 bits per heavy atom. The van der Waals surface area contributed by atoms with Crippen LogP contribution in [0.15, 0.2) is 24.3 Å². The average molecular weight is 379 g/mol. The molecule has 1 aromatic carbocycles. The molecule has 2 heterocycles. The van der Waals surface area contributed by atoms with E-state index in [0.29, 0.717) is 10.5 Å². The number of thiol groups is 4. The van der Waals surface area contributed by atoms with Crippen LogP contribution in [0, 0.1) is 0 Å². The predicted molar refractivity (Wildman–Crippen MR) is 107 cm³/mol. The highest BCUT2D eigenvalue weighted by atomic mass is 32.2. The summed E-state index contributed by atoms with van der Waals surface area (Å²) in [6.07, 6.45) is 2.00. The van der Waals surface area contributed by atoms with Crippen molar-refractivity contribution in [3.63, 3.8) is 0 Å². The first-order valence-electron chi connectivity index (χ1n) is 6.60. The summed E-state index contributed by atoms with van der Waals surface area (Å²) in [5.41, 5.74) is 2.31. The van der Waals surface area contributed by atoms with Crippen LogP contribution in [0.5, 0.6) is 0 Å². The fourth-order valence-electron chi connectivity index (χ4n) is 2.26. The van der Waals surface area contributed by atoms with Gasteiger partial charge < -0.3 is 0 Å². The van der Waals surface area contributed by atoms with Gasteiger partial charge in [0.05, 0.1) is 8.16 Å². The molecular weight excluding hydrogens is 361 g/mol. The van der Waals surface area contributed by atoms with E-state index in [4.69, 9.17) is 50.5 Å². The van der Waals surface area contributed by atoms with E-state index in [0.717, 1.165) is 24.0 Å². The highest BCUT2D eigenvalue weighted by Gasteiger charge is 2.36. The molecule has 2 saturated heterocycles. The van der Waals surface area contributed by atoms with Crippen LogP contribution >= 0.6 is 74.0 Å². The van der Waals surface area contributed by atoms with Crippen molar-refractivity contribution in [2.24, 2.45) is 0 Å². The van der Waals surface area contributed by atoms with Gasteiger partial charge in [-0.05, 0) is 24.0 Å². The van der Waals surface area contributed by atoms with Crippen molar-refractivity contribution in [1.29, 1.82) is 0 Å². The van der Waals surface area contributed by atoms with E-state index in [2.05, 4.69) is 24.3 Å². The molecule has 0 radical (unpaired) electrons. The first-order chi connectivity index (χ1) is 9.37. The molecule has 1 aromatic rings. The van der Waals surface area contributed by atoms with Crippen LogP contribution in [0.25, 0.3) is 0 Å². The molecule has 110 valence electrons. The summed E-state index contributed by atoms with van der Waals surface area (Å²) in [7, 11) is 0. The third-order valence-corrected chi connectivity index (χ3v) is 7.32. The van der Waals surface area contributed by atoms with Gasteiger partial charge in [-0.1, -0.05) is 24.3 Å². The lowest BCUT2D eigenvalue weighted by atomic mass is 10.0. The molecule has 0 spiro atoms. The Bertz CT molecular complexity index is 449. The summed E-state index contributed by atoms with van der Waals surface area (Å²) in [6.45, 7) is 0. The molecule has 0 bridgehead atoms. The van der Waals surface area contributed by atoms with E-state index in [1.807, 2.05) is 23.5 Å². The highest BCUT2D eigenvalue weighted by Crippen LogP contribution is 2.49. The van der Waals surface area contributed by atoms with Gasteiger partial charge in [0.2, 0.25) is 0 Å². The zero-order chi connectivity index (χ0) is 14.4. The molecular formula is C14H18S6. The van der Waals surface area contributed by atoms with E-state index in [1.54, 1.807) is 0 Å². The minimum absolute atomic E-state index is 0.365. The minimum atomic E-state index is -0.365. The summed E-state index contributed by atoms with van der Waals surface area (Å²) in [5, 5.41) is 1.43. The fourth-order valence-corrected chi connectivity index (χ4v) is 5.44. The summed E-state index contributed by atoms with van der Waals surface area (Å²) in [6, 6.07) is 8.48. The Hall–Kier alpha value is 1.32. The number of rotatable bonds is 6. The second-order valence-corrected chi connectivity index (χ2v) is 12.0. The molecule has 20 heavy (non-hydrogen) atoms. The van der Waals surface area contributed by atoms with E-state index in [9.17, 15) is 0 Å². The second-order valence-electron chi connectivity index (χ2n) is 5.53. The average Bonchev–Trinajstić information content (AvgIpc) is 3.26. The van der Waals surface area contributed by atoms with Gasteiger partial charge in [0, 0.05) is 22.0 Å². The van der Waals surface area contributed by atoms with E-state index >= 15 is 0 Å². The van der Waals surface area contributed by atoms with Crippen molar-refractivity contribution in [3.8, 4) is 0 Å². The van der Waals surface area contributed by atoms with E-state index < -0.39 is 0 Å². The van der Waals surface area contributed by atoms with Crippen LogP contribution in [0.3, 0.4) is 0 Å². The zero-order valence-corrected chi connectivity index (χ0v) is 16.1. The number of thioether (sulfide) groups is 2. The fraction of sp³-hybridized carbons (Fsp3) is 0.571. The van der Waals surface area contributed by atoms with Crippen molar-refractivity contribution in [2.45, 2.75) is 31.5 Å². The molecule has 3 rings (SSSR count). The lowest BCUT2D eigenvalue weighted by Gasteiger charge is -2.27. The number of hydrogen-bond donors (Lipinski definition) is 4. The largest absolute Gasteiger partial charge is 0.157 e. The van der Waals surface area contributed by atoms with Crippen LogP contribution in [0.1, 0.15) is 24.0 Å². The van der Waals surface area contributed by atoms with Crippen molar-refractivity contribution in [1.82, 2.24) is 0 Å². The molecule has 0 aromatic heterocycles. The first-order valence-corrected chi connectivity index (χ1v) is 10.5. The summed E-state index contributed by atoms with van der Waals surface area (Å²) in [4.78, 5) is 0. The van der Waals surface area contributed by atoms with Crippen LogP contribution in [0.4, 0.5) is 0 Å². The molecule has 0 amide bonds. The molecule has 2 aliphatic rings. The van der Waals surface area contributed by atoms with Crippen LogP contribution in [0.2, 0.25) is 0 Å². The van der Waals surface area contributed by atoms with Gasteiger partial charge in [-0.3, -0.25) is 0 Å². The Balaban J connectivity index is 1.80. The Kier molecular flexibility index (Phi) is 4.92. The number of benzene rings is 1. The van der Waals surface area contributed by atoms with E-state index in [1.165, 1.54) is 11.5 Å². The maximum Gasteiger partial charge on any atom is 0.0813 e. The van der Waals surface area contributed by atoms with Gasteiger partial charge in [-0.2, -0.15) is 74.0 Å². The standard InChI is InChI=1S/C14H18S6/c15-13(16,5-11-7-19-11)9-2-1-3-10(4-9)14(17,18)6-12-8-20-12/h1-4,11-12,15-18H,5-8H2. The maximum absolute atomic E-state index is 4.78. The van der Waals surface area contributed by atoms with Crippen LogP contribution in [-0.4, -0.2) is 22.0 Å². The normalized spacial score (nSPS) is 25.6. The lowest BCUT2D eigenvalue weighted by molar-refractivity contribution is 0.775. The molecule has 6 heteroatoms. The van der Waals surface area contributed by atoms with Crippen molar-refractivity contribution >= 4 is 74.0 Å². The monoisotopic (exact) mass is 378 g/mol. The second kappa shape index (κ2) is 6.08. The molecule has 2 aliphatic heterocycles.